The molecule has 0 aromatic rings. The molecule has 1 fully saturated rings. The van der Waals surface area contributed by atoms with Crippen molar-refractivity contribution in [1.82, 2.24) is 10.2 Å². The highest BCUT2D eigenvalue weighted by Gasteiger charge is 2.54. The fourth-order valence-corrected chi connectivity index (χ4v) is 2.62. The number of primary amides is 1. The van der Waals surface area contributed by atoms with Gasteiger partial charge in [0.2, 0.25) is 5.91 Å². The molecule has 1 aliphatic heterocycles. The molecule has 0 aromatic heterocycles. The van der Waals surface area contributed by atoms with Gasteiger partial charge in [0.25, 0.3) is 0 Å². The SMILES string of the molecule is CCCCC(NC(N)=O)C(=O)N1C[C@@H](C(F)(F)F)[C@H](C(=O)O)C1. The Morgan fingerprint density at radius 1 is 1.35 bits per heavy atom. The van der Waals surface area contributed by atoms with E-state index in [1.54, 1.807) is 0 Å². The molecular formula is C13H20F3N3O4. The monoisotopic (exact) mass is 339 g/mol. The number of carboxylic acid groups (broad SMARTS) is 1. The van der Waals surface area contributed by atoms with Crippen molar-refractivity contribution >= 4 is 17.9 Å². The van der Waals surface area contributed by atoms with Crippen LogP contribution in [0.3, 0.4) is 0 Å². The van der Waals surface area contributed by atoms with Crippen LogP contribution in [-0.4, -0.2) is 53.2 Å². The van der Waals surface area contributed by atoms with Crippen molar-refractivity contribution < 1.29 is 32.7 Å². The van der Waals surface area contributed by atoms with Crippen molar-refractivity contribution in [3.05, 3.63) is 0 Å². The number of carbonyl (C=O) groups is 3. The zero-order valence-electron chi connectivity index (χ0n) is 12.6. The van der Waals surface area contributed by atoms with Gasteiger partial charge in [-0.05, 0) is 6.42 Å². The Morgan fingerprint density at radius 3 is 2.35 bits per heavy atom. The Labute approximate surface area is 131 Å². The number of nitrogens with zero attached hydrogens (tertiary/aromatic N) is 1. The summed E-state index contributed by atoms with van der Waals surface area (Å²) in [6, 6.07) is -2.00. The predicted octanol–water partition coefficient (Wildman–Crippen LogP) is 0.935. The van der Waals surface area contributed by atoms with Gasteiger partial charge in [0.1, 0.15) is 6.04 Å². The molecule has 3 atom stereocenters. The summed E-state index contributed by atoms with van der Waals surface area (Å²) >= 11 is 0. The van der Waals surface area contributed by atoms with Crippen LogP contribution in [0.1, 0.15) is 26.2 Å². The molecule has 0 saturated carbocycles. The van der Waals surface area contributed by atoms with E-state index in [4.69, 9.17) is 10.8 Å². The number of urea groups is 1. The van der Waals surface area contributed by atoms with Crippen molar-refractivity contribution in [3.8, 4) is 0 Å². The van der Waals surface area contributed by atoms with Crippen molar-refractivity contribution in [2.45, 2.75) is 38.4 Å². The molecule has 0 aromatic carbocycles. The highest BCUT2D eigenvalue weighted by atomic mass is 19.4. The van der Waals surface area contributed by atoms with Crippen LogP contribution in [0.25, 0.3) is 0 Å². The quantitative estimate of drug-likeness (QED) is 0.668. The normalized spacial score (nSPS) is 22.7. The number of nitrogens with two attached hydrogens (primary N) is 1. The van der Waals surface area contributed by atoms with Gasteiger partial charge < -0.3 is 21.1 Å². The number of alkyl halides is 3. The number of rotatable bonds is 6. The highest BCUT2D eigenvalue weighted by Crippen LogP contribution is 2.38. The topological polar surface area (TPSA) is 113 Å². The second-order valence-electron chi connectivity index (χ2n) is 5.54. The number of hydrogen-bond donors (Lipinski definition) is 3. The lowest BCUT2D eigenvalue weighted by Crippen LogP contribution is -2.49. The van der Waals surface area contributed by atoms with Crippen LogP contribution in [0.2, 0.25) is 0 Å². The smallest absolute Gasteiger partial charge is 0.394 e. The van der Waals surface area contributed by atoms with Gasteiger partial charge >= 0.3 is 18.2 Å². The van der Waals surface area contributed by atoms with E-state index >= 15 is 0 Å². The maximum absolute atomic E-state index is 12.9. The van der Waals surface area contributed by atoms with Gasteiger partial charge in [-0.1, -0.05) is 19.8 Å². The van der Waals surface area contributed by atoms with E-state index in [0.29, 0.717) is 12.8 Å². The van der Waals surface area contributed by atoms with Crippen molar-refractivity contribution in [2.24, 2.45) is 17.6 Å². The number of likely N-dealkylation sites (tertiary alicyclic amines) is 1. The van der Waals surface area contributed by atoms with Crippen molar-refractivity contribution in [2.75, 3.05) is 13.1 Å². The molecule has 0 bridgehead atoms. The molecule has 1 saturated heterocycles. The zero-order chi connectivity index (χ0) is 17.8. The van der Waals surface area contributed by atoms with Crippen LogP contribution in [0, 0.1) is 11.8 Å². The summed E-state index contributed by atoms with van der Waals surface area (Å²) in [6.45, 7) is 0.575. The first-order valence-electron chi connectivity index (χ1n) is 7.22. The Morgan fingerprint density at radius 2 is 1.96 bits per heavy atom. The largest absolute Gasteiger partial charge is 0.481 e. The third-order valence-electron chi connectivity index (χ3n) is 3.83. The lowest BCUT2D eigenvalue weighted by Gasteiger charge is -2.24. The summed E-state index contributed by atoms with van der Waals surface area (Å²) in [7, 11) is 0. The van der Waals surface area contributed by atoms with Crippen LogP contribution in [-0.2, 0) is 9.59 Å². The molecule has 23 heavy (non-hydrogen) atoms. The maximum Gasteiger partial charge on any atom is 0.394 e. The molecule has 1 heterocycles. The van der Waals surface area contributed by atoms with E-state index in [0.717, 1.165) is 4.90 Å². The van der Waals surface area contributed by atoms with Crippen LogP contribution in [0.15, 0.2) is 0 Å². The molecule has 10 heteroatoms. The number of carboxylic acids is 1. The van der Waals surface area contributed by atoms with E-state index in [1.165, 1.54) is 0 Å². The minimum absolute atomic E-state index is 0.225. The Bertz CT molecular complexity index is 470. The zero-order valence-corrected chi connectivity index (χ0v) is 12.6. The van der Waals surface area contributed by atoms with Crippen LogP contribution in [0.4, 0.5) is 18.0 Å². The second kappa shape index (κ2) is 7.51. The predicted molar refractivity (Wildman–Crippen MR) is 73.3 cm³/mol. The van der Waals surface area contributed by atoms with Gasteiger partial charge in [0.15, 0.2) is 0 Å². The fraction of sp³-hybridized carbons (Fsp3) is 0.769. The lowest BCUT2D eigenvalue weighted by atomic mass is 9.96. The number of carbonyl (C=O) groups excluding carboxylic acids is 2. The number of aliphatic carboxylic acids is 1. The first-order valence-corrected chi connectivity index (χ1v) is 7.22. The Balaban J connectivity index is 2.89. The molecule has 1 rings (SSSR count). The molecule has 0 spiro atoms. The molecule has 4 N–H and O–H groups in total. The number of amides is 3. The minimum atomic E-state index is -4.71. The fourth-order valence-electron chi connectivity index (χ4n) is 2.62. The number of halogens is 3. The van der Waals surface area contributed by atoms with Gasteiger partial charge in [-0.15, -0.1) is 0 Å². The molecule has 3 amide bonds. The first-order chi connectivity index (χ1) is 10.6. The standard InChI is InChI=1S/C13H20F3N3O4/c1-2-3-4-9(18-12(17)23)10(20)19-5-7(11(21)22)8(6-19)13(14,15)16/h7-9H,2-6H2,1H3,(H,21,22)(H3,17,18,23)/t7-,8-,9?/m1/s1. The average molecular weight is 339 g/mol. The van der Waals surface area contributed by atoms with E-state index in [9.17, 15) is 27.6 Å². The highest BCUT2D eigenvalue weighted by molar-refractivity contribution is 5.87. The Kier molecular flexibility index (Phi) is 6.22. The number of nitrogens with one attached hydrogen (secondary N) is 1. The van der Waals surface area contributed by atoms with E-state index in [2.05, 4.69) is 5.32 Å². The molecule has 1 aliphatic rings. The maximum atomic E-state index is 12.9. The molecule has 0 aliphatic carbocycles. The van der Waals surface area contributed by atoms with E-state index in [-0.39, 0.29) is 6.42 Å². The van der Waals surface area contributed by atoms with Gasteiger partial charge in [0, 0.05) is 13.1 Å². The average Bonchev–Trinajstić information content (AvgIpc) is 2.87. The van der Waals surface area contributed by atoms with Crippen LogP contribution >= 0.6 is 0 Å². The van der Waals surface area contributed by atoms with Gasteiger partial charge in [-0.3, -0.25) is 9.59 Å². The summed E-state index contributed by atoms with van der Waals surface area (Å²) in [5, 5.41) is 11.2. The van der Waals surface area contributed by atoms with E-state index in [1.807, 2.05) is 6.92 Å². The molecule has 7 nitrogen and oxygen atoms in total. The molecule has 0 radical (unpaired) electrons. The summed E-state index contributed by atoms with van der Waals surface area (Å²) in [5.41, 5.74) is 4.98. The van der Waals surface area contributed by atoms with Gasteiger partial charge in [-0.25, -0.2) is 4.79 Å². The number of hydrogen-bond acceptors (Lipinski definition) is 3. The summed E-state index contributed by atoms with van der Waals surface area (Å²) in [4.78, 5) is 35.1. The van der Waals surface area contributed by atoms with E-state index < -0.39 is 55.1 Å². The molecule has 132 valence electrons. The second-order valence-corrected chi connectivity index (χ2v) is 5.54. The first kappa shape index (κ1) is 19.0. The molecular weight excluding hydrogens is 319 g/mol. The summed E-state index contributed by atoms with van der Waals surface area (Å²) in [6.07, 6.45) is -3.21. The van der Waals surface area contributed by atoms with Crippen LogP contribution < -0.4 is 11.1 Å². The Hall–Kier alpha value is -2.00. The summed E-state index contributed by atoms with van der Waals surface area (Å²) < 4.78 is 38.8. The van der Waals surface area contributed by atoms with Crippen LogP contribution in [0.5, 0.6) is 0 Å². The number of unbranched alkanes of at least 4 members (excludes halogenated alkanes) is 1. The van der Waals surface area contributed by atoms with Gasteiger partial charge in [0.05, 0.1) is 11.8 Å². The lowest BCUT2D eigenvalue weighted by molar-refractivity contribution is -0.188. The van der Waals surface area contributed by atoms with Crippen molar-refractivity contribution in [3.63, 3.8) is 0 Å². The summed E-state index contributed by atoms with van der Waals surface area (Å²) in [5.74, 6) is -6.17. The third kappa shape index (κ3) is 5.00. The minimum Gasteiger partial charge on any atom is -0.481 e. The molecule has 1 unspecified atom stereocenters. The van der Waals surface area contributed by atoms with Gasteiger partial charge in [-0.2, -0.15) is 13.2 Å². The third-order valence-corrected chi connectivity index (χ3v) is 3.83. The van der Waals surface area contributed by atoms with Crippen molar-refractivity contribution in [1.29, 1.82) is 0 Å².